The van der Waals surface area contributed by atoms with Crippen LogP contribution in [0, 0.1) is 0 Å². The molecule has 2 fully saturated rings. The molecule has 0 radical (unpaired) electrons. The third kappa shape index (κ3) is 3.10. The Hall–Kier alpha value is -0.810. The van der Waals surface area contributed by atoms with E-state index in [1.54, 1.807) is 0 Å². The number of urea groups is 1. The molecule has 2 atom stereocenters. The summed E-state index contributed by atoms with van der Waals surface area (Å²) >= 11 is 0. The van der Waals surface area contributed by atoms with Crippen LogP contribution in [0.15, 0.2) is 0 Å². The summed E-state index contributed by atoms with van der Waals surface area (Å²) < 4.78 is 5.57. The lowest BCUT2D eigenvalue weighted by molar-refractivity contribution is -0.0289. The monoisotopic (exact) mass is 241 g/mol. The Morgan fingerprint density at radius 2 is 1.94 bits per heavy atom. The number of ether oxygens (including phenoxy) is 1. The SMILES string of the molecule is CC(N)C1CN(C(=O)N2CCCCC2)CCO1. The number of carbonyl (C=O) groups is 1. The van der Waals surface area contributed by atoms with Crippen molar-refractivity contribution in [1.82, 2.24) is 9.80 Å². The number of nitrogens with two attached hydrogens (primary N) is 1. The normalized spacial score (nSPS) is 28.0. The van der Waals surface area contributed by atoms with Gasteiger partial charge in [0.2, 0.25) is 0 Å². The maximum Gasteiger partial charge on any atom is 0.320 e. The second-order valence-electron chi connectivity index (χ2n) is 5.04. The van der Waals surface area contributed by atoms with Gasteiger partial charge in [0, 0.05) is 25.7 Å². The highest BCUT2D eigenvalue weighted by Gasteiger charge is 2.29. The third-order valence-corrected chi connectivity index (χ3v) is 3.58. The van der Waals surface area contributed by atoms with Gasteiger partial charge in [0.1, 0.15) is 0 Å². The van der Waals surface area contributed by atoms with E-state index in [0.717, 1.165) is 25.9 Å². The van der Waals surface area contributed by atoms with Gasteiger partial charge in [0.15, 0.2) is 0 Å². The van der Waals surface area contributed by atoms with Gasteiger partial charge in [-0.15, -0.1) is 0 Å². The Morgan fingerprint density at radius 1 is 1.24 bits per heavy atom. The van der Waals surface area contributed by atoms with Crippen LogP contribution in [0.1, 0.15) is 26.2 Å². The highest BCUT2D eigenvalue weighted by atomic mass is 16.5. The van der Waals surface area contributed by atoms with Crippen LogP contribution in [0.4, 0.5) is 4.79 Å². The lowest BCUT2D eigenvalue weighted by Crippen LogP contribution is -2.55. The average molecular weight is 241 g/mol. The Balaban J connectivity index is 1.89. The molecule has 98 valence electrons. The molecule has 2 N–H and O–H groups in total. The van der Waals surface area contributed by atoms with Crippen LogP contribution in [0.25, 0.3) is 0 Å². The van der Waals surface area contributed by atoms with E-state index in [1.165, 1.54) is 6.42 Å². The minimum atomic E-state index is -0.0213. The Labute approximate surface area is 103 Å². The molecular formula is C12H23N3O2. The molecule has 5 heteroatoms. The van der Waals surface area contributed by atoms with Gasteiger partial charge >= 0.3 is 6.03 Å². The minimum absolute atomic E-state index is 0.0162. The van der Waals surface area contributed by atoms with Crippen LogP contribution < -0.4 is 5.73 Å². The van der Waals surface area contributed by atoms with Gasteiger partial charge in [-0.2, -0.15) is 0 Å². The first-order chi connectivity index (χ1) is 8.18. The Morgan fingerprint density at radius 3 is 2.59 bits per heavy atom. The van der Waals surface area contributed by atoms with Gasteiger partial charge in [-0.3, -0.25) is 0 Å². The number of amides is 2. The molecule has 2 amide bonds. The van der Waals surface area contributed by atoms with Gasteiger partial charge in [-0.1, -0.05) is 0 Å². The number of morpholine rings is 1. The average Bonchev–Trinajstić information content (AvgIpc) is 2.39. The van der Waals surface area contributed by atoms with E-state index in [1.807, 2.05) is 16.7 Å². The second-order valence-corrected chi connectivity index (χ2v) is 5.04. The van der Waals surface area contributed by atoms with Crippen molar-refractivity contribution in [2.75, 3.05) is 32.8 Å². The molecule has 2 rings (SSSR count). The molecule has 0 aliphatic carbocycles. The standard InChI is InChI=1S/C12H23N3O2/c1-10(13)11-9-15(7-8-17-11)12(16)14-5-3-2-4-6-14/h10-11H,2-9,13H2,1H3. The first-order valence-electron chi connectivity index (χ1n) is 6.59. The van der Waals surface area contributed by atoms with E-state index < -0.39 is 0 Å². The Kier molecular flexibility index (Phi) is 4.23. The van der Waals surface area contributed by atoms with Crippen LogP contribution in [0.2, 0.25) is 0 Å². The molecular weight excluding hydrogens is 218 g/mol. The highest BCUT2D eigenvalue weighted by molar-refractivity contribution is 5.74. The predicted octanol–water partition coefficient (Wildman–Crippen LogP) is 0.640. The summed E-state index contributed by atoms with van der Waals surface area (Å²) in [7, 11) is 0. The van der Waals surface area contributed by atoms with E-state index in [2.05, 4.69) is 0 Å². The smallest absolute Gasteiger partial charge is 0.320 e. The molecule has 2 saturated heterocycles. The van der Waals surface area contributed by atoms with E-state index in [0.29, 0.717) is 19.7 Å². The zero-order valence-electron chi connectivity index (χ0n) is 10.6. The van der Waals surface area contributed by atoms with E-state index >= 15 is 0 Å². The molecule has 2 unspecified atom stereocenters. The van der Waals surface area contributed by atoms with Crippen LogP contribution in [-0.4, -0.2) is 60.8 Å². The summed E-state index contributed by atoms with van der Waals surface area (Å²) in [5.74, 6) is 0. The largest absolute Gasteiger partial charge is 0.373 e. The first kappa shape index (κ1) is 12.6. The molecule has 0 aromatic heterocycles. The van der Waals surface area contributed by atoms with Gasteiger partial charge in [0.05, 0.1) is 19.3 Å². The van der Waals surface area contributed by atoms with E-state index in [9.17, 15) is 4.79 Å². The molecule has 2 aliphatic heterocycles. The molecule has 2 aliphatic rings. The number of rotatable bonds is 1. The first-order valence-corrected chi connectivity index (χ1v) is 6.59. The van der Waals surface area contributed by atoms with E-state index in [4.69, 9.17) is 10.5 Å². The number of hydrogen-bond acceptors (Lipinski definition) is 3. The number of hydrogen-bond donors (Lipinski definition) is 1. The Bertz CT molecular complexity index is 264. The summed E-state index contributed by atoms with van der Waals surface area (Å²) in [6.07, 6.45) is 3.49. The zero-order chi connectivity index (χ0) is 12.3. The quantitative estimate of drug-likeness (QED) is 0.733. The molecule has 5 nitrogen and oxygen atoms in total. The fourth-order valence-corrected chi connectivity index (χ4v) is 2.45. The predicted molar refractivity (Wildman–Crippen MR) is 65.8 cm³/mol. The van der Waals surface area contributed by atoms with Crippen molar-refractivity contribution in [3.8, 4) is 0 Å². The number of likely N-dealkylation sites (tertiary alicyclic amines) is 1. The van der Waals surface area contributed by atoms with Crippen molar-refractivity contribution in [2.24, 2.45) is 5.73 Å². The topological polar surface area (TPSA) is 58.8 Å². The zero-order valence-corrected chi connectivity index (χ0v) is 10.6. The van der Waals surface area contributed by atoms with Gasteiger partial charge < -0.3 is 20.3 Å². The molecule has 17 heavy (non-hydrogen) atoms. The maximum absolute atomic E-state index is 12.3. The minimum Gasteiger partial charge on any atom is -0.373 e. The molecule has 0 spiro atoms. The number of piperidine rings is 1. The highest BCUT2D eigenvalue weighted by Crippen LogP contribution is 2.14. The summed E-state index contributed by atoms with van der Waals surface area (Å²) in [4.78, 5) is 16.1. The van der Waals surface area contributed by atoms with Crippen molar-refractivity contribution < 1.29 is 9.53 Å². The number of carbonyl (C=O) groups excluding carboxylic acids is 1. The summed E-state index contributed by atoms with van der Waals surface area (Å²) in [6.45, 7) is 5.66. The lowest BCUT2D eigenvalue weighted by atomic mass is 10.1. The fraction of sp³-hybridized carbons (Fsp3) is 0.917. The second kappa shape index (κ2) is 5.69. The van der Waals surface area contributed by atoms with Crippen LogP contribution >= 0.6 is 0 Å². The summed E-state index contributed by atoms with van der Waals surface area (Å²) in [5.41, 5.74) is 5.83. The molecule has 0 bridgehead atoms. The van der Waals surface area contributed by atoms with Crippen LogP contribution in [-0.2, 0) is 4.74 Å². The molecule has 0 aromatic carbocycles. The third-order valence-electron chi connectivity index (χ3n) is 3.58. The van der Waals surface area contributed by atoms with Crippen molar-refractivity contribution >= 4 is 6.03 Å². The fourth-order valence-electron chi connectivity index (χ4n) is 2.45. The van der Waals surface area contributed by atoms with Crippen molar-refractivity contribution in [3.05, 3.63) is 0 Å². The molecule has 0 aromatic rings. The number of nitrogens with zero attached hydrogens (tertiary/aromatic N) is 2. The van der Waals surface area contributed by atoms with Crippen LogP contribution in [0.3, 0.4) is 0 Å². The van der Waals surface area contributed by atoms with Gasteiger partial charge in [-0.05, 0) is 26.2 Å². The van der Waals surface area contributed by atoms with E-state index in [-0.39, 0.29) is 18.2 Å². The van der Waals surface area contributed by atoms with Gasteiger partial charge in [-0.25, -0.2) is 4.79 Å². The summed E-state index contributed by atoms with van der Waals surface area (Å²) in [5, 5.41) is 0. The van der Waals surface area contributed by atoms with Crippen molar-refractivity contribution in [3.63, 3.8) is 0 Å². The molecule has 2 heterocycles. The molecule has 0 saturated carbocycles. The van der Waals surface area contributed by atoms with Crippen molar-refractivity contribution in [1.29, 1.82) is 0 Å². The lowest BCUT2D eigenvalue weighted by Gasteiger charge is -2.38. The van der Waals surface area contributed by atoms with Gasteiger partial charge in [0.25, 0.3) is 0 Å². The summed E-state index contributed by atoms with van der Waals surface area (Å²) in [6, 6.07) is 0.144. The van der Waals surface area contributed by atoms with Crippen molar-refractivity contribution in [2.45, 2.75) is 38.3 Å². The maximum atomic E-state index is 12.3. The van der Waals surface area contributed by atoms with Crippen LogP contribution in [0.5, 0.6) is 0 Å².